The molecular weight excluding hydrogens is 491 g/mol. The molecule has 2 aliphatic rings. The fraction of sp³-hybridized carbons (Fsp3) is 0.500. The Kier molecular flexibility index (Phi) is 7.24. The van der Waals surface area contributed by atoms with Gasteiger partial charge in [0.1, 0.15) is 0 Å². The van der Waals surface area contributed by atoms with Crippen LogP contribution in [0.3, 0.4) is 0 Å². The summed E-state index contributed by atoms with van der Waals surface area (Å²) in [4.78, 5) is 15.4. The lowest BCUT2D eigenvalue weighted by Gasteiger charge is -2.44. The summed E-state index contributed by atoms with van der Waals surface area (Å²) in [7, 11) is -3.69. The minimum Gasteiger partial charge on any atom is -0.319 e. The van der Waals surface area contributed by atoms with Crippen LogP contribution in [0.1, 0.15) is 49.8 Å². The van der Waals surface area contributed by atoms with Crippen LogP contribution in [-0.2, 0) is 27.5 Å². The zero-order chi connectivity index (χ0) is 26.3. The van der Waals surface area contributed by atoms with Crippen molar-refractivity contribution >= 4 is 15.9 Å². The molecule has 1 spiro atoms. The first-order valence-corrected chi connectivity index (χ1v) is 13.6. The van der Waals surface area contributed by atoms with Crippen LogP contribution in [0, 0.1) is 12.8 Å². The molecular formula is C26H32F3N3O3S. The van der Waals surface area contributed by atoms with Crippen LogP contribution in [0.5, 0.6) is 0 Å². The summed E-state index contributed by atoms with van der Waals surface area (Å²) < 4.78 is 67.7. The van der Waals surface area contributed by atoms with E-state index in [0.717, 1.165) is 24.1 Å². The van der Waals surface area contributed by atoms with Crippen LogP contribution >= 0.6 is 0 Å². The highest BCUT2D eigenvalue weighted by molar-refractivity contribution is 7.89. The number of rotatable bonds is 6. The number of aryl methyl sites for hydroxylation is 1. The highest BCUT2D eigenvalue weighted by Gasteiger charge is 2.53. The van der Waals surface area contributed by atoms with E-state index in [1.807, 2.05) is 20.8 Å². The molecule has 0 aromatic heterocycles. The first kappa shape index (κ1) is 26.6. The standard InChI is InChI=1S/C26H32F3N3O3S/c1-4-19(3)23-24(33)32(17-20-6-5-7-21(16-20)26(27,28)29)25(30-23)12-14-31(15-13-25)36(34,35)22-10-8-18(2)9-11-22/h5-11,16,19,23,30H,4,12-15,17H2,1-3H3. The molecule has 0 saturated carbocycles. The number of carbonyl (C=O) groups is 1. The predicted molar refractivity (Wildman–Crippen MR) is 130 cm³/mol. The predicted octanol–water partition coefficient (Wildman–Crippen LogP) is 4.54. The van der Waals surface area contributed by atoms with E-state index in [1.165, 1.54) is 10.4 Å². The van der Waals surface area contributed by atoms with Gasteiger partial charge in [-0.1, -0.05) is 50.1 Å². The molecule has 4 rings (SSSR count). The highest BCUT2D eigenvalue weighted by Crippen LogP contribution is 2.38. The number of amides is 1. The van der Waals surface area contributed by atoms with Crippen molar-refractivity contribution in [2.45, 2.75) is 69.4 Å². The van der Waals surface area contributed by atoms with Gasteiger partial charge in [0.15, 0.2) is 0 Å². The third-order valence-corrected chi connectivity index (χ3v) is 9.40. The number of benzene rings is 2. The van der Waals surface area contributed by atoms with Gasteiger partial charge in [-0.2, -0.15) is 17.5 Å². The van der Waals surface area contributed by atoms with Crippen molar-refractivity contribution in [1.82, 2.24) is 14.5 Å². The number of nitrogens with zero attached hydrogens (tertiary/aromatic N) is 2. The molecule has 2 fully saturated rings. The second kappa shape index (κ2) is 9.79. The van der Waals surface area contributed by atoms with Gasteiger partial charge in [-0.15, -0.1) is 0 Å². The summed E-state index contributed by atoms with van der Waals surface area (Å²) in [5.74, 6) is -0.133. The number of alkyl halides is 3. The molecule has 2 saturated heterocycles. The van der Waals surface area contributed by atoms with E-state index >= 15 is 0 Å². The Hall–Kier alpha value is -2.43. The zero-order valence-corrected chi connectivity index (χ0v) is 21.5. The lowest BCUT2D eigenvalue weighted by Crippen LogP contribution is -2.59. The average Bonchev–Trinajstić information content (AvgIpc) is 3.10. The lowest BCUT2D eigenvalue weighted by atomic mass is 9.96. The minimum atomic E-state index is -4.48. The Morgan fingerprint density at radius 3 is 2.33 bits per heavy atom. The molecule has 6 nitrogen and oxygen atoms in total. The van der Waals surface area contributed by atoms with Crippen LogP contribution in [0.4, 0.5) is 13.2 Å². The van der Waals surface area contributed by atoms with Gasteiger partial charge in [-0.3, -0.25) is 10.1 Å². The summed E-state index contributed by atoms with van der Waals surface area (Å²) in [6.45, 7) is 6.25. The largest absolute Gasteiger partial charge is 0.416 e. The van der Waals surface area contributed by atoms with Gasteiger partial charge >= 0.3 is 6.18 Å². The maximum Gasteiger partial charge on any atom is 0.416 e. The van der Waals surface area contributed by atoms with Crippen LogP contribution in [0.2, 0.25) is 0 Å². The molecule has 2 aromatic rings. The van der Waals surface area contributed by atoms with Crippen molar-refractivity contribution in [1.29, 1.82) is 0 Å². The Balaban J connectivity index is 1.60. The Morgan fingerprint density at radius 1 is 1.11 bits per heavy atom. The van der Waals surface area contributed by atoms with Crippen molar-refractivity contribution in [2.75, 3.05) is 13.1 Å². The molecule has 2 aromatic carbocycles. The lowest BCUT2D eigenvalue weighted by molar-refractivity contribution is -0.137. The summed E-state index contributed by atoms with van der Waals surface area (Å²) >= 11 is 0. The molecule has 0 aliphatic carbocycles. The van der Waals surface area contributed by atoms with Gasteiger partial charge in [0, 0.05) is 19.6 Å². The Labute approximate surface area is 210 Å². The Bertz CT molecular complexity index is 1210. The molecule has 2 atom stereocenters. The average molecular weight is 524 g/mol. The normalized spacial score (nSPS) is 21.8. The topological polar surface area (TPSA) is 69.7 Å². The molecule has 2 heterocycles. The smallest absolute Gasteiger partial charge is 0.319 e. The van der Waals surface area contributed by atoms with Crippen molar-refractivity contribution in [3.63, 3.8) is 0 Å². The fourth-order valence-corrected chi connectivity index (χ4v) is 6.50. The summed E-state index contributed by atoms with van der Waals surface area (Å²) in [6, 6.07) is 11.2. The number of halogens is 3. The minimum absolute atomic E-state index is 0.0212. The van der Waals surface area contributed by atoms with E-state index in [2.05, 4.69) is 5.32 Å². The van der Waals surface area contributed by atoms with Crippen molar-refractivity contribution in [3.8, 4) is 0 Å². The van der Waals surface area contributed by atoms with E-state index in [0.29, 0.717) is 18.4 Å². The third-order valence-electron chi connectivity index (χ3n) is 7.49. The molecule has 36 heavy (non-hydrogen) atoms. The molecule has 1 amide bonds. The molecule has 1 N–H and O–H groups in total. The van der Waals surface area contributed by atoms with Crippen molar-refractivity contribution in [3.05, 3.63) is 65.2 Å². The van der Waals surface area contributed by atoms with Gasteiger partial charge in [-0.05, 0) is 55.5 Å². The molecule has 0 bridgehead atoms. The van der Waals surface area contributed by atoms with Gasteiger partial charge < -0.3 is 4.90 Å². The molecule has 0 radical (unpaired) electrons. The van der Waals surface area contributed by atoms with E-state index in [1.54, 1.807) is 35.2 Å². The number of hydrogen-bond donors (Lipinski definition) is 1. The number of piperidine rings is 1. The zero-order valence-electron chi connectivity index (χ0n) is 20.7. The van der Waals surface area contributed by atoms with Crippen LogP contribution in [0.15, 0.2) is 53.4 Å². The number of hydrogen-bond acceptors (Lipinski definition) is 4. The maximum absolute atomic E-state index is 13.5. The molecule has 196 valence electrons. The van der Waals surface area contributed by atoms with Crippen LogP contribution in [-0.4, -0.2) is 48.3 Å². The fourth-order valence-electron chi connectivity index (χ4n) is 5.06. The Morgan fingerprint density at radius 2 is 1.75 bits per heavy atom. The van der Waals surface area contributed by atoms with Gasteiger partial charge in [-0.25, -0.2) is 8.42 Å². The van der Waals surface area contributed by atoms with E-state index < -0.39 is 33.5 Å². The van der Waals surface area contributed by atoms with E-state index in [4.69, 9.17) is 0 Å². The molecule has 2 unspecified atom stereocenters. The van der Waals surface area contributed by atoms with E-state index in [-0.39, 0.29) is 36.4 Å². The molecule has 10 heteroatoms. The van der Waals surface area contributed by atoms with Crippen LogP contribution in [0.25, 0.3) is 0 Å². The first-order valence-electron chi connectivity index (χ1n) is 12.2. The summed E-state index contributed by atoms with van der Waals surface area (Å²) in [5.41, 5.74) is -0.231. The summed E-state index contributed by atoms with van der Waals surface area (Å²) in [5, 5.41) is 3.47. The first-order chi connectivity index (χ1) is 16.9. The highest BCUT2D eigenvalue weighted by atomic mass is 32.2. The quantitative estimate of drug-likeness (QED) is 0.604. The second-order valence-corrected chi connectivity index (χ2v) is 11.8. The van der Waals surface area contributed by atoms with Crippen LogP contribution < -0.4 is 5.32 Å². The second-order valence-electron chi connectivity index (χ2n) is 9.88. The van der Waals surface area contributed by atoms with Gasteiger partial charge in [0.2, 0.25) is 15.9 Å². The number of carbonyl (C=O) groups excluding carboxylic acids is 1. The van der Waals surface area contributed by atoms with Crippen molar-refractivity contribution < 1.29 is 26.4 Å². The summed E-state index contributed by atoms with van der Waals surface area (Å²) in [6.07, 6.45) is -3.04. The molecule has 2 aliphatic heterocycles. The van der Waals surface area contributed by atoms with E-state index in [9.17, 15) is 26.4 Å². The maximum atomic E-state index is 13.5. The van der Waals surface area contributed by atoms with Gasteiger partial charge in [0.25, 0.3) is 0 Å². The monoisotopic (exact) mass is 523 g/mol. The SMILES string of the molecule is CCC(C)C1NC2(CCN(S(=O)(=O)c3ccc(C)cc3)CC2)N(Cc2cccc(C(F)(F)F)c2)C1=O. The van der Waals surface area contributed by atoms with Crippen molar-refractivity contribution in [2.24, 2.45) is 5.92 Å². The number of nitrogens with one attached hydrogen (secondary N) is 1. The van der Waals surface area contributed by atoms with Gasteiger partial charge in [0.05, 0.1) is 22.2 Å². The third kappa shape index (κ3) is 5.03. The number of sulfonamides is 1.